The molecular formula is C17H15Cl2F3N2O. The third kappa shape index (κ3) is 3.71. The van der Waals surface area contributed by atoms with Crippen molar-refractivity contribution >= 4 is 29.0 Å². The van der Waals surface area contributed by atoms with Gasteiger partial charge in [0.05, 0.1) is 16.2 Å². The van der Waals surface area contributed by atoms with Gasteiger partial charge in [0.2, 0.25) is 0 Å². The van der Waals surface area contributed by atoms with Crippen molar-refractivity contribution in [2.24, 2.45) is 0 Å². The molecule has 134 valence electrons. The zero-order valence-corrected chi connectivity index (χ0v) is 14.5. The van der Waals surface area contributed by atoms with Crippen molar-refractivity contribution < 1.29 is 18.3 Å². The summed E-state index contributed by atoms with van der Waals surface area (Å²) >= 11 is 12.2. The van der Waals surface area contributed by atoms with Gasteiger partial charge in [-0.05, 0) is 25.0 Å². The molecule has 0 saturated carbocycles. The average molecular weight is 391 g/mol. The molecule has 0 spiro atoms. The summed E-state index contributed by atoms with van der Waals surface area (Å²) in [5.74, 6) is 0.288. The quantitative estimate of drug-likeness (QED) is 0.792. The number of halogens is 5. The molecular weight excluding hydrogens is 376 g/mol. The van der Waals surface area contributed by atoms with Crippen LogP contribution in [0.15, 0.2) is 36.5 Å². The average Bonchev–Trinajstić information content (AvgIpc) is 2.55. The van der Waals surface area contributed by atoms with E-state index in [1.165, 1.54) is 0 Å². The number of nitrogens with zero attached hydrogens (tertiary/aromatic N) is 2. The fraction of sp³-hybridized carbons (Fsp3) is 0.353. The van der Waals surface area contributed by atoms with Crippen LogP contribution >= 0.6 is 23.2 Å². The van der Waals surface area contributed by atoms with Crippen molar-refractivity contribution in [3.63, 3.8) is 0 Å². The zero-order chi connectivity index (χ0) is 18.2. The van der Waals surface area contributed by atoms with Crippen molar-refractivity contribution in [1.29, 1.82) is 0 Å². The van der Waals surface area contributed by atoms with Gasteiger partial charge in [0.1, 0.15) is 5.82 Å². The maximum Gasteiger partial charge on any atom is 0.417 e. The molecule has 0 unspecified atom stereocenters. The molecule has 2 aromatic rings. The Labute approximate surface area is 153 Å². The molecule has 1 aliphatic rings. The van der Waals surface area contributed by atoms with E-state index in [2.05, 4.69) is 4.98 Å². The summed E-state index contributed by atoms with van der Waals surface area (Å²) in [5.41, 5.74) is -1.30. The summed E-state index contributed by atoms with van der Waals surface area (Å²) in [6.45, 7) is 0.805. The zero-order valence-electron chi connectivity index (χ0n) is 13.0. The predicted octanol–water partition coefficient (Wildman–Crippen LogP) is 4.90. The lowest BCUT2D eigenvalue weighted by atomic mass is 9.84. The van der Waals surface area contributed by atoms with Crippen LogP contribution in [0.25, 0.3) is 0 Å². The van der Waals surface area contributed by atoms with Gasteiger partial charge in [0, 0.05) is 29.9 Å². The van der Waals surface area contributed by atoms with Crippen molar-refractivity contribution in [2.75, 3.05) is 18.0 Å². The Morgan fingerprint density at radius 2 is 1.72 bits per heavy atom. The van der Waals surface area contributed by atoms with Crippen LogP contribution in [0.4, 0.5) is 19.0 Å². The van der Waals surface area contributed by atoms with Gasteiger partial charge in [0.25, 0.3) is 0 Å². The van der Waals surface area contributed by atoms with Crippen molar-refractivity contribution in [1.82, 2.24) is 4.98 Å². The molecule has 25 heavy (non-hydrogen) atoms. The van der Waals surface area contributed by atoms with Gasteiger partial charge in [-0.15, -0.1) is 0 Å². The monoisotopic (exact) mass is 390 g/mol. The van der Waals surface area contributed by atoms with E-state index in [0.29, 0.717) is 36.5 Å². The molecule has 0 radical (unpaired) electrons. The summed E-state index contributed by atoms with van der Waals surface area (Å²) in [4.78, 5) is 5.64. The fourth-order valence-corrected chi connectivity index (χ4v) is 3.61. The Balaban J connectivity index is 1.78. The number of rotatable bonds is 2. The number of alkyl halides is 3. The van der Waals surface area contributed by atoms with Crippen LogP contribution < -0.4 is 4.90 Å². The number of hydrogen-bond acceptors (Lipinski definition) is 3. The van der Waals surface area contributed by atoms with Crippen LogP contribution in [0.5, 0.6) is 0 Å². The van der Waals surface area contributed by atoms with Crippen LogP contribution in [0, 0.1) is 0 Å². The van der Waals surface area contributed by atoms with Crippen LogP contribution in [-0.2, 0) is 11.8 Å². The van der Waals surface area contributed by atoms with E-state index in [4.69, 9.17) is 23.2 Å². The van der Waals surface area contributed by atoms with Crippen LogP contribution in [0.1, 0.15) is 24.0 Å². The Hall–Kier alpha value is -1.50. The largest absolute Gasteiger partial charge is 0.417 e. The molecule has 1 saturated heterocycles. The molecule has 0 atom stereocenters. The molecule has 8 heteroatoms. The first-order valence-electron chi connectivity index (χ1n) is 7.66. The predicted molar refractivity (Wildman–Crippen MR) is 91.0 cm³/mol. The van der Waals surface area contributed by atoms with Gasteiger partial charge in [-0.25, -0.2) is 4.98 Å². The Morgan fingerprint density at radius 1 is 1.08 bits per heavy atom. The minimum Gasteiger partial charge on any atom is -0.385 e. The van der Waals surface area contributed by atoms with Gasteiger partial charge in [-0.2, -0.15) is 13.2 Å². The normalized spacial score (nSPS) is 17.6. The van der Waals surface area contributed by atoms with Crippen LogP contribution in [0.3, 0.4) is 0 Å². The topological polar surface area (TPSA) is 36.4 Å². The highest BCUT2D eigenvalue weighted by molar-refractivity contribution is 6.33. The van der Waals surface area contributed by atoms with E-state index >= 15 is 0 Å². The fourth-order valence-electron chi connectivity index (χ4n) is 3.01. The van der Waals surface area contributed by atoms with Gasteiger partial charge in [-0.3, -0.25) is 0 Å². The number of benzene rings is 1. The lowest BCUT2D eigenvalue weighted by molar-refractivity contribution is -0.137. The highest BCUT2D eigenvalue weighted by atomic mass is 35.5. The number of piperidine rings is 1. The highest BCUT2D eigenvalue weighted by Crippen LogP contribution is 2.39. The van der Waals surface area contributed by atoms with E-state index < -0.39 is 17.3 Å². The molecule has 0 amide bonds. The molecule has 0 bridgehead atoms. The van der Waals surface area contributed by atoms with E-state index in [9.17, 15) is 18.3 Å². The Kier molecular flexibility index (Phi) is 4.88. The molecule has 1 aromatic carbocycles. The molecule has 1 fully saturated rings. The first kappa shape index (κ1) is 18.3. The summed E-state index contributed by atoms with van der Waals surface area (Å²) in [5, 5.41) is 11.3. The summed E-state index contributed by atoms with van der Waals surface area (Å²) < 4.78 is 38.1. The third-order valence-electron chi connectivity index (χ3n) is 4.41. The standard InChI is InChI=1S/C17H15Cl2F3N2O/c18-13-4-2-1-3-12(13)16(25)5-7-24(8-6-16)15-14(19)9-11(10-23-15)17(20,21)22/h1-4,9-10,25H,5-8H2. The van der Waals surface area contributed by atoms with E-state index in [0.717, 1.165) is 12.3 Å². The van der Waals surface area contributed by atoms with E-state index in [-0.39, 0.29) is 10.8 Å². The van der Waals surface area contributed by atoms with Crippen molar-refractivity contribution in [3.05, 3.63) is 57.7 Å². The lowest BCUT2D eigenvalue weighted by Gasteiger charge is -2.39. The molecule has 2 heterocycles. The van der Waals surface area contributed by atoms with Gasteiger partial charge in [-0.1, -0.05) is 41.4 Å². The SMILES string of the molecule is OC1(c2ccccc2Cl)CCN(c2ncc(C(F)(F)F)cc2Cl)CC1. The van der Waals surface area contributed by atoms with Crippen molar-refractivity contribution in [2.45, 2.75) is 24.6 Å². The van der Waals surface area contributed by atoms with Gasteiger partial charge < -0.3 is 10.0 Å². The van der Waals surface area contributed by atoms with E-state index in [1.54, 1.807) is 29.2 Å². The first-order valence-corrected chi connectivity index (χ1v) is 8.41. The molecule has 3 nitrogen and oxygen atoms in total. The molecule has 1 N–H and O–H groups in total. The maximum atomic E-state index is 12.7. The Morgan fingerprint density at radius 3 is 2.28 bits per heavy atom. The number of anilines is 1. The Bertz CT molecular complexity index is 775. The number of aromatic nitrogens is 1. The third-order valence-corrected chi connectivity index (χ3v) is 5.02. The summed E-state index contributed by atoms with van der Waals surface area (Å²) in [6, 6.07) is 7.96. The van der Waals surface area contributed by atoms with Gasteiger partial charge >= 0.3 is 6.18 Å². The van der Waals surface area contributed by atoms with Crippen LogP contribution in [0.2, 0.25) is 10.0 Å². The van der Waals surface area contributed by atoms with Crippen molar-refractivity contribution in [3.8, 4) is 0 Å². The number of hydrogen-bond donors (Lipinski definition) is 1. The van der Waals surface area contributed by atoms with E-state index in [1.807, 2.05) is 0 Å². The van der Waals surface area contributed by atoms with Crippen LogP contribution in [-0.4, -0.2) is 23.2 Å². The minimum atomic E-state index is -4.48. The molecule has 1 aromatic heterocycles. The van der Waals surface area contributed by atoms with Gasteiger partial charge in [0.15, 0.2) is 0 Å². The number of pyridine rings is 1. The lowest BCUT2D eigenvalue weighted by Crippen LogP contribution is -2.43. The summed E-state index contributed by atoms with van der Waals surface area (Å²) in [7, 11) is 0. The number of aliphatic hydroxyl groups is 1. The highest BCUT2D eigenvalue weighted by Gasteiger charge is 2.37. The smallest absolute Gasteiger partial charge is 0.385 e. The minimum absolute atomic E-state index is 0.0574. The molecule has 3 rings (SSSR count). The summed E-state index contributed by atoms with van der Waals surface area (Å²) in [6.07, 6.45) is -2.97. The molecule has 0 aliphatic carbocycles. The molecule has 1 aliphatic heterocycles. The second-order valence-corrected chi connectivity index (χ2v) is 6.84. The second-order valence-electron chi connectivity index (χ2n) is 6.03. The second kappa shape index (κ2) is 6.67. The maximum absolute atomic E-state index is 12.7. The first-order chi connectivity index (χ1) is 11.7.